The van der Waals surface area contributed by atoms with E-state index in [1.165, 1.54) is 17.8 Å². The summed E-state index contributed by atoms with van der Waals surface area (Å²) in [5.41, 5.74) is 0.943. The highest BCUT2D eigenvalue weighted by Crippen LogP contribution is 2.42. The average Bonchev–Trinajstić information content (AvgIpc) is 3.08. The molecule has 0 saturated heterocycles. The van der Waals surface area contributed by atoms with Crippen molar-refractivity contribution in [3.8, 4) is 0 Å². The van der Waals surface area contributed by atoms with Crippen LogP contribution in [-0.4, -0.2) is 27.2 Å². The molecule has 17 heavy (non-hydrogen) atoms. The average molecular weight is 247 g/mol. The lowest BCUT2D eigenvalue weighted by molar-refractivity contribution is 0.850. The van der Waals surface area contributed by atoms with Gasteiger partial charge in [0.2, 0.25) is 5.13 Å². The van der Waals surface area contributed by atoms with Gasteiger partial charge in [-0.3, -0.25) is 9.97 Å². The van der Waals surface area contributed by atoms with Crippen molar-refractivity contribution in [1.82, 2.24) is 20.2 Å². The van der Waals surface area contributed by atoms with Gasteiger partial charge in [0.05, 0.1) is 18.4 Å². The standard InChI is InChI=1S/C11H13N5S/c1-16(7-9-6-12-4-5-13-9)11-15-14-10(17-11)8-2-3-8/h4-6,8H,2-3,7H2,1H3. The van der Waals surface area contributed by atoms with Crippen molar-refractivity contribution in [3.05, 3.63) is 29.3 Å². The van der Waals surface area contributed by atoms with E-state index >= 15 is 0 Å². The summed E-state index contributed by atoms with van der Waals surface area (Å²) in [6, 6.07) is 0. The molecule has 0 amide bonds. The molecule has 6 heteroatoms. The van der Waals surface area contributed by atoms with Crippen molar-refractivity contribution in [1.29, 1.82) is 0 Å². The van der Waals surface area contributed by atoms with Crippen molar-refractivity contribution < 1.29 is 0 Å². The van der Waals surface area contributed by atoms with Gasteiger partial charge in [0, 0.05) is 25.4 Å². The second kappa shape index (κ2) is 4.37. The lowest BCUT2D eigenvalue weighted by Crippen LogP contribution is -2.17. The monoisotopic (exact) mass is 247 g/mol. The normalized spacial score (nSPS) is 14.9. The highest BCUT2D eigenvalue weighted by Gasteiger charge is 2.28. The SMILES string of the molecule is CN(Cc1cnccn1)c1nnc(C2CC2)s1. The number of nitrogens with zero attached hydrogens (tertiary/aromatic N) is 5. The smallest absolute Gasteiger partial charge is 0.208 e. The highest BCUT2D eigenvalue weighted by atomic mass is 32.1. The predicted octanol–water partition coefficient (Wildman–Crippen LogP) is 1.84. The third-order valence-electron chi connectivity index (χ3n) is 2.70. The van der Waals surface area contributed by atoms with Crippen molar-refractivity contribution in [2.24, 2.45) is 0 Å². The Bertz CT molecular complexity index is 494. The Labute approximate surface area is 104 Å². The molecule has 0 aliphatic heterocycles. The van der Waals surface area contributed by atoms with E-state index in [0.29, 0.717) is 12.5 Å². The van der Waals surface area contributed by atoms with Crippen LogP contribution < -0.4 is 4.90 Å². The maximum atomic E-state index is 4.25. The van der Waals surface area contributed by atoms with E-state index in [0.717, 1.165) is 10.8 Å². The van der Waals surface area contributed by atoms with Gasteiger partial charge in [-0.05, 0) is 12.8 Å². The lowest BCUT2D eigenvalue weighted by Gasteiger charge is -2.13. The van der Waals surface area contributed by atoms with Gasteiger partial charge in [0.1, 0.15) is 5.01 Å². The molecule has 0 unspecified atom stereocenters. The highest BCUT2D eigenvalue weighted by molar-refractivity contribution is 7.15. The summed E-state index contributed by atoms with van der Waals surface area (Å²) in [7, 11) is 2.01. The Hall–Kier alpha value is -1.56. The molecule has 0 N–H and O–H groups in total. The third kappa shape index (κ3) is 2.41. The molecular weight excluding hydrogens is 234 g/mol. The Balaban J connectivity index is 1.70. The molecule has 2 aromatic heterocycles. The summed E-state index contributed by atoms with van der Waals surface area (Å²) in [6.45, 7) is 0.715. The van der Waals surface area contributed by atoms with E-state index in [1.54, 1.807) is 29.9 Å². The van der Waals surface area contributed by atoms with Gasteiger partial charge in [0.15, 0.2) is 0 Å². The molecule has 1 saturated carbocycles. The minimum Gasteiger partial charge on any atom is -0.344 e. The first-order chi connectivity index (χ1) is 8.33. The number of rotatable bonds is 4. The molecule has 5 nitrogen and oxygen atoms in total. The van der Waals surface area contributed by atoms with Crippen LogP contribution in [0.2, 0.25) is 0 Å². The minimum absolute atomic E-state index is 0.672. The van der Waals surface area contributed by atoms with E-state index in [4.69, 9.17) is 0 Å². The topological polar surface area (TPSA) is 54.8 Å². The summed E-state index contributed by atoms with van der Waals surface area (Å²) < 4.78 is 0. The zero-order valence-corrected chi connectivity index (χ0v) is 10.4. The van der Waals surface area contributed by atoms with Crippen LogP contribution >= 0.6 is 11.3 Å². The van der Waals surface area contributed by atoms with E-state index in [-0.39, 0.29) is 0 Å². The fourth-order valence-electron chi connectivity index (χ4n) is 1.60. The van der Waals surface area contributed by atoms with Gasteiger partial charge in [-0.2, -0.15) is 0 Å². The Morgan fingerprint density at radius 1 is 1.35 bits per heavy atom. The summed E-state index contributed by atoms with van der Waals surface area (Å²) in [5, 5.41) is 10.6. The maximum Gasteiger partial charge on any atom is 0.208 e. The van der Waals surface area contributed by atoms with E-state index in [2.05, 4.69) is 25.1 Å². The molecule has 3 rings (SSSR count). The number of anilines is 1. The first-order valence-corrected chi connectivity index (χ1v) is 6.44. The zero-order valence-electron chi connectivity index (χ0n) is 9.58. The molecule has 2 aromatic rings. The molecule has 0 aromatic carbocycles. The van der Waals surface area contributed by atoms with Crippen molar-refractivity contribution >= 4 is 16.5 Å². The van der Waals surface area contributed by atoms with E-state index in [1.807, 2.05) is 7.05 Å². The van der Waals surface area contributed by atoms with Crippen LogP contribution in [0.1, 0.15) is 29.5 Å². The zero-order chi connectivity index (χ0) is 11.7. The summed E-state index contributed by atoms with van der Waals surface area (Å²) in [5.74, 6) is 0.672. The second-order valence-corrected chi connectivity index (χ2v) is 5.24. The van der Waals surface area contributed by atoms with Crippen LogP contribution in [0.5, 0.6) is 0 Å². The molecule has 0 spiro atoms. The van der Waals surface area contributed by atoms with Gasteiger partial charge < -0.3 is 4.90 Å². The van der Waals surface area contributed by atoms with Crippen molar-refractivity contribution in [2.75, 3.05) is 11.9 Å². The minimum atomic E-state index is 0.672. The number of hydrogen-bond acceptors (Lipinski definition) is 6. The van der Waals surface area contributed by atoms with Crippen LogP contribution in [0.15, 0.2) is 18.6 Å². The number of hydrogen-bond donors (Lipinski definition) is 0. The maximum absolute atomic E-state index is 4.25. The molecule has 0 bridgehead atoms. The Kier molecular flexibility index (Phi) is 2.72. The number of aromatic nitrogens is 4. The molecule has 1 aliphatic carbocycles. The van der Waals surface area contributed by atoms with Gasteiger partial charge >= 0.3 is 0 Å². The van der Waals surface area contributed by atoms with E-state index in [9.17, 15) is 0 Å². The molecular formula is C11H13N5S. The van der Waals surface area contributed by atoms with Crippen LogP contribution in [0, 0.1) is 0 Å². The quantitative estimate of drug-likeness (QED) is 0.825. The second-order valence-electron chi connectivity index (χ2n) is 4.25. The fraction of sp³-hybridized carbons (Fsp3) is 0.455. The van der Waals surface area contributed by atoms with Gasteiger partial charge in [-0.15, -0.1) is 10.2 Å². The van der Waals surface area contributed by atoms with Crippen molar-refractivity contribution in [2.45, 2.75) is 25.3 Å². The van der Waals surface area contributed by atoms with Crippen LogP contribution in [0.25, 0.3) is 0 Å². The fourth-order valence-corrected chi connectivity index (χ4v) is 2.57. The van der Waals surface area contributed by atoms with Gasteiger partial charge in [-0.1, -0.05) is 11.3 Å². The molecule has 1 fully saturated rings. The van der Waals surface area contributed by atoms with Gasteiger partial charge in [-0.25, -0.2) is 0 Å². The molecule has 2 heterocycles. The lowest BCUT2D eigenvalue weighted by atomic mass is 10.4. The first kappa shape index (κ1) is 10.6. The van der Waals surface area contributed by atoms with Crippen molar-refractivity contribution in [3.63, 3.8) is 0 Å². The largest absolute Gasteiger partial charge is 0.344 e. The molecule has 0 radical (unpaired) electrons. The summed E-state index contributed by atoms with van der Waals surface area (Å²) >= 11 is 1.69. The molecule has 88 valence electrons. The predicted molar refractivity (Wildman–Crippen MR) is 66.0 cm³/mol. The van der Waals surface area contributed by atoms with E-state index < -0.39 is 0 Å². The Morgan fingerprint density at radius 2 is 2.24 bits per heavy atom. The molecule has 1 aliphatic rings. The summed E-state index contributed by atoms with van der Waals surface area (Å²) in [6.07, 6.45) is 7.70. The summed E-state index contributed by atoms with van der Waals surface area (Å²) in [4.78, 5) is 10.4. The van der Waals surface area contributed by atoms with Crippen LogP contribution in [-0.2, 0) is 6.54 Å². The third-order valence-corrected chi connectivity index (χ3v) is 3.90. The molecule has 0 atom stereocenters. The van der Waals surface area contributed by atoms with Crippen LogP contribution in [0.4, 0.5) is 5.13 Å². The van der Waals surface area contributed by atoms with Crippen LogP contribution in [0.3, 0.4) is 0 Å². The first-order valence-electron chi connectivity index (χ1n) is 5.62. The van der Waals surface area contributed by atoms with Gasteiger partial charge in [0.25, 0.3) is 0 Å². The Morgan fingerprint density at radius 3 is 2.94 bits per heavy atom.